The summed E-state index contributed by atoms with van der Waals surface area (Å²) in [4.78, 5) is 25.9. The molecule has 1 saturated carbocycles. The third-order valence-corrected chi connectivity index (χ3v) is 4.99. The molecule has 2 fully saturated rings. The minimum absolute atomic E-state index is 0.0751. The number of carboxylic acids is 1. The molecule has 19 heavy (non-hydrogen) atoms. The van der Waals surface area contributed by atoms with Crippen LogP contribution >= 0.6 is 0 Å². The van der Waals surface area contributed by atoms with Crippen molar-refractivity contribution in [1.29, 1.82) is 0 Å². The van der Waals surface area contributed by atoms with E-state index < -0.39 is 11.9 Å². The Kier molecular flexibility index (Phi) is 3.88. The zero-order valence-corrected chi connectivity index (χ0v) is 12.2. The number of amides is 1. The number of rotatable bonds is 3. The lowest BCUT2D eigenvalue weighted by Gasteiger charge is -2.30. The van der Waals surface area contributed by atoms with Crippen LogP contribution in [0.4, 0.5) is 0 Å². The maximum Gasteiger partial charge on any atom is 0.307 e. The molecule has 1 unspecified atom stereocenters. The van der Waals surface area contributed by atoms with Crippen LogP contribution in [-0.4, -0.2) is 34.5 Å². The van der Waals surface area contributed by atoms with Gasteiger partial charge in [0.25, 0.3) is 0 Å². The summed E-state index contributed by atoms with van der Waals surface area (Å²) < 4.78 is 0. The van der Waals surface area contributed by atoms with Crippen LogP contribution in [0.5, 0.6) is 0 Å². The monoisotopic (exact) mass is 267 g/mol. The van der Waals surface area contributed by atoms with Crippen LogP contribution in [0.1, 0.15) is 52.9 Å². The van der Waals surface area contributed by atoms with Crippen molar-refractivity contribution in [2.45, 2.75) is 58.9 Å². The lowest BCUT2D eigenvalue weighted by Crippen LogP contribution is -2.41. The topological polar surface area (TPSA) is 57.6 Å². The number of hydrogen-bond acceptors (Lipinski definition) is 2. The number of carboxylic acid groups (broad SMARTS) is 1. The minimum atomic E-state index is -0.828. The second-order valence-electron chi connectivity index (χ2n) is 6.56. The van der Waals surface area contributed by atoms with Gasteiger partial charge >= 0.3 is 5.97 Å². The van der Waals surface area contributed by atoms with Crippen LogP contribution in [0, 0.1) is 17.3 Å². The Hall–Kier alpha value is -1.06. The molecule has 0 radical (unpaired) electrons. The van der Waals surface area contributed by atoms with E-state index in [0.717, 1.165) is 25.8 Å². The summed E-state index contributed by atoms with van der Waals surface area (Å²) >= 11 is 0. The van der Waals surface area contributed by atoms with Crippen molar-refractivity contribution in [2.75, 3.05) is 6.54 Å². The highest BCUT2D eigenvalue weighted by molar-refractivity contribution is 5.91. The van der Waals surface area contributed by atoms with Crippen molar-refractivity contribution < 1.29 is 14.7 Å². The molecule has 4 heteroatoms. The first-order valence-corrected chi connectivity index (χ1v) is 7.44. The third kappa shape index (κ3) is 2.49. The Morgan fingerprint density at radius 1 is 1.21 bits per heavy atom. The summed E-state index contributed by atoms with van der Waals surface area (Å²) in [5, 5.41) is 9.21. The smallest absolute Gasteiger partial charge is 0.307 e. The zero-order valence-electron chi connectivity index (χ0n) is 12.2. The van der Waals surface area contributed by atoms with Crippen LogP contribution in [0.3, 0.4) is 0 Å². The molecule has 0 aromatic rings. The maximum atomic E-state index is 12.7. The van der Waals surface area contributed by atoms with E-state index in [0.29, 0.717) is 6.04 Å². The molecular weight excluding hydrogens is 242 g/mol. The molecule has 1 N–H and O–H groups in total. The molecule has 0 aromatic heterocycles. The van der Waals surface area contributed by atoms with E-state index in [1.807, 2.05) is 18.7 Å². The molecule has 3 atom stereocenters. The van der Waals surface area contributed by atoms with E-state index >= 15 is 0 Å². The average Bonchev–Trinajstić information content (AvgIpc) is 2.99. The lowest BCUT2D eigenvalue weighted by molar-refractivity contribution is -0.142. The summed E-state index contributed by atoms with van der Waals surface area (Å²) in [5.74, 6) is -1.57. The first kappa shape index (κ1) is 14.4. The fourth-order valence-electron chi connectivity index (χ4n) is 3.63. The average molecular weight is 267 g/mol. The van der Waals surface area contributed by atoms with Crippen LogP contribution in [0.2, 0.25) is 0 Å². The Labute approximate surface area is 115 Å². The number of nitrogens with zero attached hydrogens (tertiary/aromatic N) is 1. The highest BCUT2D eigenvalue weighted by Gasteiger charge is 2.66. The van der Waals surface area contributed by atoms with Gasteiger partial charge in [0.2, 0.25) is 5.91 Å². The summed E-state index contributed by atoms with van der Waals surface area (Å²) in [6, 6.07) is 0.306. The number of aliphatic carboxylic acids is 1. The Morgan fingerprint density at radius 2 is 1.89 bits per heavy atom. The van der Waals surface area contributed by atoms with Crippen molar-refractivity contribution in [3.05, 3.63) is 0 Å². The summed E-state index contributed by atoms with van der Waals surface area (Å²) in [6.07, 6.45) is 5.44. The predicted molar refractivity (Wildman–Crippen MR) is 72.7 cm³/mol. The number of carbonyl (C=O) groups excluding carboxylic acids is 1. The van der Waals surface area contributed by atoms with Gasteiger partial charge in [-0.3, -0.25) is 9.59 Å². The Bertz CT molecular complexity index is 378. The molecule has 1 amide bonds. The number of carbonyl (C=O) groups is 2. The van der Waals surface area contributed by atoms with E-state index in [4.69, 9.17) is 0 Å². The fourth-order valence-corrected chi connectivity index (χ4v) is 3.63. The third-order valence-electron chi connectivity index (χ3n) is 4.99. The maximum absolute atomic E-state index is 12.7. The largest absolute Gasteiger partial charge is 0.481 e. The standard InChI is InChI=1S/C15H25NO3/c1-4-10-8-6-5-7-9-16(10)13(17)11-12(14(18)19)15(11,2)3/h10-12H,4-9H2,1-3H3,(H,18,19)/t10?,11-,12+/m1/s1. The Balaban J connectivity index is 2.12. The van der Waals surface area contributed by atoms with Crippen LogP contribution in [0.25, 0.3) is 0 Å². The summed E-state index contributed by atoms with van der Waals surface area (Å²) in [5.41, 5.74) is -0.381. The lowest BCUT2D eigenvalue weighted by atomic mass is 10.1. The van der Waals surface area contributed by atoms with Crippen molar-refractivity contribution in [1.82, 2.24) is 4.90 Å². The van der Waals surface area contributed by atoms with Crippen molar-refractivity contribution in [3.8, 4) is 0 Å². The molecule has 0 spiro atoms. The van der Waals surface area contributed by atoms with Gasteiger partial charge in [-0.1, -0.05) is 33.6 Å². The molecule has 0 aromatic carbocycles. The van der Waals surface area contributed by atoms with Crippen molar-refractivity contribution >= 4 is 11.9 Å². The molecule has 2 aliphatic rings. The molecule has 0 bridgehead atoms. The molecule has 108 valence electrons. The van der Waals surface area contributed by atoms with Gasteiger partial charge in [-0.15, -0.1) is 0 Å². The van der Waals surface area contributed by atoms with Gasteiger partial charge in [0.1, 0.15) is 0 Å². The van der Waals surface area contributed by atoms with E-state index in [1.165, 1.54) is 12.8 Å². The highest BCUT2D eigenvalue weighted by Crippen LogP contribution is 2.59. The number of likely N-dealkylation sites (tertiary alicyclic amines) is 1. The fraction of sp³-hybridized carbons (Fsp3) is 0.867. The second-order valence-corrected chi connectivity index (χ2v) is 6.56. The predicted octanol–water partition coefficient (Wildman–Crippen LogP) is 2.52. The normalized spacial score (nSPS) is 33.6. The van der Waals surface area contributed by atoms with Crippen LogP contribution < -0.4 is 0 Å². The molecule has 1 aliphatic carbocycles. The van der Waals surface area contributed by atoms with E-state index in [-0.39, 0.29) is 17.2 Å². The molecule has 2 rings (SSSR count). The van der Waals surface area contributed by atoms with Crippen molar-refractivity contribution in [2.24, 2.45) is 17.3 Å². The van der Waals surface area contributed by atoms with Gasteiger partial charge in [0.05, 0.1) is 11.8 Å². The van der Waals surface area contributed by atoms with E-state index in [1.54, 1.807) is 0 Å². The van der Waals surface area contributed by atoms with Gasteiger partial charge in [0, 0.05) is 12.6 Å². The zero-order chi connectivity index (χ0) is 14.2. The molecule has 4 nitrogen and oxygen atoms in total. The van der Waals surface area contributed by atoms with Gasteiger partial charge in [-0.05, 0) is 24.7 Å². The first-order valence-electron chi connectivity index (χ1n) is 7.44. The molecule has 1 saturated heterocycles. The van der Waals surface area contributed by atoms with Gasteiger partial charge in [-0.2, -0.15) is 0 Å². The highest BCUT2D eigenvalue weighted by atomic mass is 16.4. The van der Waals surface area contributed by atoms with E-state index in [9.17, 15) is 14.7 Å². The Morgan fingerprint density at radius 3 is 2.42 bits per heavy atom. The SMILES string of the molecule is CCC1CCCCCN1C(=O)[C@H]1[C@@H](C(=O)O)C1(C)C. The van der Waals surface area contributed by atoms with Gasteiger partial charge < -0.3 is 10.0 Å². The van der Waals surface area contributed by atoms with Gasteiger partial charge in [-0.25, -0.2) is 0 Å². The molecule has 1 heterocycles. The van der Waals surface area contributed by atoms with Crippen LogP contribution in [-0.2, 0) is 9.59 Å². The summed E-state index contributed by atoms with van der Waals surface area (Å²) in [6.45, 7) is 6.71. The summed E-state index contributed by atoms with van der Waals surface area (Å²) in [7, 11) is 0. The second kappa shape index (κ2) is 5.14. The molecule has 1 aliphatic heterocycles. The van der Waals surface area contributed by atoms with Crippen LogP contribution in [0.15, 0.2) is 0 Å². The quantitative estimate of drug-likeness (QED) is 0.854. The van der Waals surface area contributed by atoms with E-state index in [2.05, 4.69) is 6.92 Å². The minimum Gasteiger partial charge on any atom is -0.481 e. The van der Waals surface area contributed by atoms with Crippen molar-refractivity contribution in [3.63, 3.8) is 0 Å². The number of hydrogen-bond donors (Lipinski definition) is 1. The first-order chi connectivity index (χ1) is 8.91. The van der Waals surface area contributed by atoms with Gasteiger partial charge in [0.15, 0.2) is 0 Å². The molecular formula is C15H25NO3.